The molecule has 0 unspecified atom stereocenters. The Hall–Kier alpha value is -5.23. The maximum Gasteiger partial charge on any atom is 0.347 e. The number of furan rings is 1. The summed E-state index contributed by atoms with van der Waals surface area (Å²) in [4.78, 5) is 41.7. The average molecular weight is 591 g/mol. The number of benzene rings is 3. The van der Waals surface area contributed by atoms with E-state index in [0.717, 1.165) is 17.0 Å². The second-order valence-electron chi connectivity index (χ2n) is 8.91. The van der Waals surface area contributed by atoms with Gasteiger partial charge < -0.3 is 18.6 Å². The molecule has 13 heteroatoms. The fraction of sp³-hybridized carbons (Fsp3) is 0.172. The van der Waals surface area contributed by atoms with Crippen LogP contribution in [0.4, 0.5) is 5.69 Å². The number of methoxy groups -OCH3 is 1. The molecule has 3 aromatic carbocycles. The Labute approximate surface area is 242 Å². The molecule has 0 spiro atoms. The van der Waals surface area contributed by atoms with E-state index in [2.05, 4.69) is 10.1 Å². The quantitative estimate of drug-likeness (QED) is 0.0926. The molecule has 0 N–H and O–H groups in total. The van der Waals surface area contributed by atoms with E-state index < -0.39 is 28.2 Å². The monoisotopic (exact) mass is 590 g/mol. The number of hydrogen-bond donors (Lipinski definition) is 0. The lowest BCUT2D eigenvalue weighted by Gasteiger charge is -2.15. The number of aromatic nitrogens is 2. The predicted molar refractivity (Wildman–Crippen MR) is 156 cm³/mol. The van der Waals surface area contributed by atoms with E-state index in [1.54, 1.807) is 55.5 Å². The first-order valence-corrected chi connectivity index (χ1v) is 13.0. The van der Waals surface area contributed by atoms with Crippen LogP contribution >= 0.6 is 11.6 Å². The van der Waals surface area contributed by atoms with Gasteiger partial charge in [0.05, 0.1) is 41.1 Å². The van der Waals surface area contributed by atoms with E-state index in [1.807, 2.05) is 0 Å². The fourth-order valence-corrected chi connectivity index (χ4v) is 4.50. The molecule has 12 nitrogen and oxygen atoms in total. The number of esters is 1. The molecule has 214 valence electrons. The highest BCUT2D eigenvalue weighted by atomic mass is 35.5. The Kier molecular flexibility index (Phi) is 7.89. The van der Waals surface area contributed by atoms with Crippen molar-refractivity contribution in [2.45, 2.75) is 20.0 Å². The van der Waals surface area contributed by atoms with Crippen molar-refractivity contribution in [1.82, 2.24) is 9.66 Å². The summed E-state index contributed by atoms with van der Waals surface area (Å²) >= 11 is 6.19. The summed E-state index contributed by atoms with van der Waals surface area (Å²) in [7, 11) is 1.53. The standard InChI is InChI=1S/C29H23ClN4O8/c1-4-40-29(36)16(2)41-26-17(12-18(30)13-22(26)34(37)38)15-31-33-27(32-21-9-6-5-8-19(21)28(33)35)25-14-20-23(39-3)10-7-11-24(20)42-25/h5-16H,4H2,1-3H3/t16-/m0/s1. The van der Waals surface area contributed by atoms with Crippen molar-refractivity contribution in [1.29, 1.82) is 0 Å². The molecular weight excluding hydrogens is 568 g/mol. The number of halogens is 1. The van der Waals surface area contributed by atoms with Crippen LogP contribution in [-0.2, 0) is 9.53 Å². The van der Waals surface area contributed by atoms with Gasteiger partial charge >= 0.3 is 11.7 Å². The molecule has 0 aliphatic rings. The highest BCUT2D eigenvalue weighted by Gasteiger charge is 2.26. The summed E-state index contributed by atoms with van der Waals surface area (Å²) in [5.74, 6) is -0.164. The Morgan fingerprint density at radius 2 is 1.98 bits per heavy atom. The van der Waals surface area contributed by atoms with E-state index >= 15 is 0 Å². The Bertz CT molecular complexity index is 1930. The molecule has 5 aromatic rings. The molecule has 0 fully saturated rings. The third kappa shape index (κ3) is 5.39. The maximum absolute atomic E-state index is 13.7. The zero-order valence-corrected chi connectivity index (χ0v) is 23.3. The number of nitro benzene ring substituents is 1. The molecular formula is C29H23ClN4O8. The lowest BCUT2D eigenvalue weighted by Crippen LogP contribution is -2.27. The van der Waals surface area contributed by atoms with Crippen LogP contribution in [0.5, 0.6) is 11.5 Å². The number of nitrogens with zero attached hydrogens (tertiary/aromatic N) is 4. The largest absolute Gasteiger partial charge is 0.496 e. The minimum absolute atomic E-state index is 0.00729. The number of nitro groups is 1. The van der Waals surface area contributed by atoms with Crippen LogP contribution < -0.4 is 15.0 Å². The van der Waals surface area contributed by atoms with Crippen molar-refractivity contribution in [2.75, 3.05) is 13.7 Å². The Balaban J connectivity index is 1.70. The molecule has 0 aliphatic carbocycles. The summed E-state index contributed by atoms with van der Waals surface area (Å²) < 4.78 is 23.1. The molecule has 1 atom stereocenters. The number of rotatable bonds is 9. The van der Waals surface area contributed by atoms with E-state index in [1.165, 1.54) is 20.1 Å². The van der Waals surface area contributed by atoms with E-state index in [-0.39, 0.29) is 39.9 Å². The number of ether oxygens (including phenoxy) is 3. The SMILES string of the molecule is CCOC(=O)[C@H](C)Oc1c(C=Nn2c(-c3cc4c(OC)cccc4o3)nc3ccccc3c2=O)cc(Cl)cc1[N+](=O)[O-]. The van der Waals surface area contributed by atoms with Gasteiger partial charge in [0.2, 0.25) is 11.6 Å². The minimum atomic E-state index is -1.19. The lowest BCUT2D eigenvalue weighted by atomic mass is 10.2. The molecule has 2 aromatic heterocycles. The summed E-state index contributed by atoms with van der Waals surface area (Å²) in [5.41, 5.74) is -0.104. The first-order chi connectivity index (χ1) is 20.2. The van der Waals surface area contributed by atoms with Crippen LogP contribution in [0.25, 0.3) is 33.5 Å². The molecule has 0 saturated heterocycles. The third-order valence-corrected chi connectivity index (χ3v) is 6.42. The van der Waals surface area contributed by atoms with Crippen LogP contribution in [0.2, 0.25) is 5.02 Å². The molecule has 2 heterocycles. The van der Waals surface area contributed by atoms with Crippen molar-refractivity contribution >= 4 is 51.3 Å². The highest BCUT2D eigenvalue weighted by molar-refractivity contribution is 6.31. The molecule has 0 amide bonds. The van der Waals surface area contributed by atoms with Crippen molar-refractivity contribution in [3.05, 3.63) is 91.7 Å². The lowest BCUT2D eigenvalue weighted by molar-refractivity contribution is -0.386. The second kappa shape index (κ2) is 11.7. The molecule has 0 saturated carbocycles. The third-order valence-electron chi connectivity index (χ3n) is 6.20. The fourth-order valence-electron chi connectivity index (χ4n) is 4.28. The molecule has 5 rings (SSSR count). The minimum Gasteiger partial charge on any atom is -0.496 e. The van der Waals surface area contributed by atoms with Gasteiger partial charge in [0.25, 0.3) is 5.56 Å². The van der Waals surface area contributed by atoms with Gasteiger partial charge in [0, 0.05) is 16.7 Å². The van der Waals surface area contributed by atoms with E-state index in [0.29, 0.717) is 22.2 Å². The topological polar surface area (TPSA) is 148 Å². The highest BCUT2D eigenvalue weighted by Crippen LogP contribution is 2.35. The number of hydrogen-bond acceptors (Lipinski definition) is 10. The van der Waals surface area contributed by atoms with Gasteiger partial charge in [-0.05, 0) is 50.2 Å². The Morgan fingerprint density at radius 3 is 2.71 bits per heavy atom. The van der Waals surface area contributed by atoms with Crippen molar-refractivity contribution < 1.29 is 28.3 Å². The van der Waals surface area contributed by atoms with Gasteiger partial charge in [0.1, 0.15) is 11.3 Å². The van der Waals surface area contributed by atoms with Crippen LogP contribution in [0, 0.1) is 10.1 Å². The molecule has 0 radical (unpaired) electrons. The number of carbonyl (C=O) groups is 1. The van der Waals surface area contributed by atoms with Crippen molar-refractivity contribution in [3.8, 4) is 23.1 Å². The van der Waals surface area contributed by atoms with Crippen LogP contribution in [0.1, 0.15) is 19.4 Å². The molecule has 0 bridgehead atoms. The van der Waals surface area contributed by atoms with Crippen LogP contribution in [0.15, 0.2) is 75.0 Å². The van der Waals surface area contributed by atoms with Gasteiger partial charge in [-0.15, -0.1) is 0 Å². The normalized spacial score (nSPS) is 12.1. The number of para-hydroxylation sites is 1. The second-order valence-corrected chi connectivity index (χ2v) is 9.35. The summed E-state index contributed by atoms with van der Waals surface area (Å²) in [6, 6.07) is 16.1. The zero-order valence-electron chi connectivity index (χ0n) is 22.6. The maximum atomic E-state index is 13.7. The smallest absolute Gasteiger partial charge is 0.347 e. The summed E-state index contributed by atoms with van der Waals surface area (Å²) in [6.07, 6.45) is -0.0282. The zero-order chi connectivity index (χ0) is 30.0. The average Bonchev–Trinajstić information content (AvgIpc) is 3.42. The van der Waals surface area contributed by atoms with E-state index in [4.69, 9.17) is 30.2 Å². The number of fused-ring (bicyclic) bond motifs is 2. The van der Waals surface area contributed by atoms with Gasteiger partial charge in [-0.3, -0.25) is 14.9 Å². The first kappa shape index (κ1) is 28.3. The molecule has 42 heavy (non-hydrogen) atoms. The summed E-state index contributed by atoms with van der Waals surface area (Å²) in [6.45, 7) is 3.11. The van der Waals surface area contributed by atoms with Crippen molar-refractivity contribution in [2.24, 2.45) is 5.10 Å². The number of carbonyl (C=O) groups excluding carboxylic acids is 1. The molecule has 0 aliphatic heterocycles. The van der Waals surface area contributed by atoms with Crippen LogP contribution in [-0.4, -0.2) is 46.6 Å². The summed E-state index contributed by atoms with van der Waals surface area (Å²) in [5, 5.41) is 17.2. The van der Waals surface area contributed by atoms with Gasteiger partial charge in [-0.2, -0.15) is 9.78 Å². The van der Waals surface area contributed by atoms with Gasteiger partial charge in [-0.1, -0.05) is 29.8 Å². The van der Waals surface area contributed by atoms with Crippen LogP contribution in [0.3, 0.4) is 0 Å². The van der Waals surface area contributed by atoms with E-state index in [9.17, 15) is 19.7 Å². The predicted octanol–water partition coefficient (Wildman–Crippen LogP) is 5.59. The first-order valence-electron chi connectivity index (χ1n) is 12.7. The van der Waals surface area contributed by atoms with Gasteiger partial charge in [0.15, 0.2) is 11.9 Å². The van der Waals surface area contributed by atoms with Crippen molar-refractivity contribution in [3.63, 3.8) is 0 Å². The van der Waals surface area contributed by atoms with Gasteiger partial charge in [-0.25, -0.2) is 9.78 Å². The Morgan fingerprint density at radius 1 is 1.19 bits per heavy atom.